The number of rotatable bonds is 4. The van der Waals surface area contributed by atoms with Crippen LogP contribution in [-0.2, 0) is 14.8 Å². The molecular formula is C21H29N5O3S2. The first kappa shape index (κ1) is 21.2. The van der Waals surface area contributed by atoms with Crippen LogP contribution in [0.5, 0.6) is 0 Å². The molecule has 31 heavy (non-hydrogen) atoms. The topological polar surface area (TPSA) is 86.7 Å². The summed E-state index contributed by atoms with van der Waals surface area (Å²) >= 11 is 1.02. The van der Waals surface area contributed by atoms with Crippen molar-refractivity contribution in [3.63, 3.8) is 0 Å². The van der Waals surface area contributed by atoms with Gasteiger partial charge in [0.15, 0.2) is 0 Å². The van der Waals surface area contributed by atoms with E-state index in [1.54, 1.807) is 18.2 Å². The van der Waals surface area contributed by atoms with Gasteiger partial charge in [0.05, 0.1) is 17.6 Å². The smallest absolute Gasteiger partial charge is 0.245 e. The van der Waals surface area contributed by atoms with Crippen molar-refractivity contribution in [1.29, 1.82) is 0 Å². The quantitative estimate of drug-likeness (QED) is 0.691. The monoisotopic (exact) mass is 463 g/mol. The third kappa shape index (κ3) is 4.10. The van der Waals surface area contributed by atoms with Gasteiger partial charge in [0.2, 0.25) is 15.9 Å². The molecule has 2 aliphatic heterocycles. The minimum absolute atomic E-state index is 0.111. The number of carbonyl (C=O) groups is 1. The van der Waals surface area contributed by atoms with Crippen molar-refractivity contribution >= 4 is 38.7 Å². The van der Waals surface area contributed by atoms with Crippen molar-refractivity contribution in [3.05, 3.63) is 18.2 Å². The SMILES string of the molecule is O=C([C@H]1CCCN(S(=O)(=O)c2cccc3nsnc23)C1)N1CCN(C2CCCC2)CC1. The highest BCUT2D eigenvalue weighted by Crippen LogP contribution is 2.29. The molecule has 2 aromatic rings. The third-order valence-corrected chi connectivity index (χ3v) is 9.51. The van der Waals surface area contributed by atoms with Gasteiger partial charge in [-0.25, -0.2) is 8.42 Å². The van der Waals surface area contributed by atoms with Crippen LogP contribution in [0.4, 0.5) is 0 Å². The average molecular weight is 464 g/mol. The maximum absolute atomic E-state index is 13.4. The average Bonchev–Trinajstić information content (AvgIpc) is 3.51. The molecule has 1 amide bonds. The molecule has 168 valence electrons. The van der Waals surface area contributed by atoms with Gasteiger partial charge in [-0.2, -0.15) is 13.1 Å². The van der Waals surface area contributed by atoms with E-state index in [2.05, 4.69) is 13.6 Å². The summed E-state index contributed by atoms with van der Waals surface area (Å²) in [7, 11) is -3.72. The first-order valence-electron chi connectivity index (χ1n) is 11.3. The normalized spacial score (nSPS) is 24.8. The largest absolute Gasteiger partial charge is 0.340 e. The Morgan fingerprint density at radius 2 is 1.74 bits per heavy atom. The lowest BCUT2D eigenvalue weighted by atomic mass is 9.97. The van der Waals surface area contributed by atoms with Gasteiger partial charge in [0.25, 0.3) is 0 Å². The van der Waals surface area contributed by atoms with Crippen LogP contribution in [0.25, 0.3) is 11.0 Å². The predicted octanol–water partition coefficient (Wildman–Crippen LogP) is 2.18. The summed E-state index contributed by atoms with van der Waals surface area (Å²) < 4.78 is 36.6. The summed E-state index contributed by atoms with van der Waals surface area (Å²) in [6.45, 7) is 4.06. The van der Waals surface area contributed by atoms with Crippen molar-refractivity contribution in [1.82, 2.24) is 22.9 Å². The number of piperazine rings is 1. The number of fused-ring (bicyclic) bond motifs is 1. The Morgan fingerprint density at radius 3 is 2.52 bits per heavy atom. The van der Waals surface area contributed by atoms with Crippen molar-refractivity contribution < 1.29 is 13.2 Å². The number of nitrogens with zero attached hydrogens (tertiary/aromatic N) is 5. The van der Waals surface area contributed by atoms with Gasteiger partial charge in [-0.1, -0.05) is 18.9 Å². The lowest BCUT2D eigenvalue weighted by molar-refractivity contribution is -0.138. The Balaban J connectivity index is 1.26. The first-order chi connectivity index (χ1) is 15.0. The molecule has 1 aromatic carbocycles. The molecule has 10 heteroatoms. The third-order valence-electron chi connectivity index (χ3n) is 7.07. The molecule has 0 spiro atoms. The van der Waals surface area contributed by atoms with Crippen LogP contribution in [0.1, 0.15) is 38.5 Å². The number of amides is 1. The van der Waals surface area contributed by atoms with E-state index in [0.29, 0.717) is 30.0 Å². The Morgan fingerprint density at radius 1 is 0.968 bits per heavy atom. The van der Waals surface area contributed by atoms with Crippen LogP contribution in [0.15, 0.2) is 23.1 Å². The molecule has 8 nitrogen and oxygen atoms in total. The highest BCUT2D eigenvalue weighted by Gasteiger charge is 2.37. The minimum Gasteiger partial charge on any atom is -0.340 e. The van der Waals surface area contributed by atoms with E-state index < -0.39 is 10.0 Å². The van der Waals surface area contributed by atoms with Gasteiger partial charge in [-0.15, -0.1) is 0 Å². The fourth-order valence-corrected chi connectivity index (χ4v) is 7.60. The second-order valence-corrected chi connectivity index (χ2v) is 11.3. The number of carbonyl (C=O) groups excluding carboxylic acids is 1. The van der Waals surface area contributed by atoms with Gasteiger partial charge in [-0.3, -0.25) is 9.69 Å². The summed E-state index contributed by atoms with van der Waals surface area (Å²) in [5, 5.41) is 0. The van der Waals surface area contributed by atoms with Gasteiger partial charge in [-0.05, 0) is 37.8 Å². The molecule has 3 aliphatic rings. The number of sulfonamides is 1. The van der Waals surface area contributed by atoms with E-state index in [4.69, 9.17) is 0 Å². The Hall–Kier alpha value is -1.62. The lowest BCUT2D eigenvalue weighted by Crippen LogP contribution is -2.54. The second kappa shape index (κ2) is 8.73. The van der Waals surface area contributed by atoms with Gasteiger partial charge in [0.1, 0.15) is 15.9 Å². The number of benzene rings is 1. The van der Waals surface area contributed by atoms with Crippen LogP contribution in [0.3, 0.4) is 0 Å². The molecule has 1 saturated carbocycles. The summed E-state index contributed by atoms with van der Waals surface area (Å²) in [5.74, 6) is -0.158. The highest BCUT2D eigenvalue weighted by molar-refractivity contribution is 7.89. The summed E-state index contributed by atoms with van der Waals surface area (Å²) in [6, 6.07) is 5.75. The van der Waals surface area contributed by atoms with E-state index in [0.717, 1.165) is 44.3 Å². The molecule has 0 bridgehead atoms. The Kier molecular flexibility index (Phi) is 5.98. The fourth-order valence-electron chi connectivity index (χ4n) is 5.33. The standard InChI is InChI=1S/C21H29N5O3S2/c27-21(25-13-11-24(12-14-25)17-6-1-2-7-17)16-5-4-10-26(15-16)31(28,29)19-9-3-8-18-20(19)23-30-22-18/h3,8-9,16-17H,1-2,4-7,10-15H2/t16-/m0/s1. The van der Waals surface area contributed by atoms with E-state index in [9.17, 15) is 13.2 Å². The van der Waals surface area contributed by atoms with Crippen molar-refractivity contribution in [2.75, 3.05) is 39.3 Å². The summed E-state index contributed by atoms with van der Waals surface area (Å²) in [4.78, 5) is 17.9. The van der Waals surface area contributed by atoms with Crippen molar-refractivity contribution in [2.45, 2.75) is 49.5 Å². The van der Waals surface area contributed by atoms with Crippen LogP contribution < -0.4 is 0 Å². The lowest BCUT2D eigenvalue weighted by Gasteiger charge is -2.40. The molecule has 0 radical (unpaired) electrons. The molecule has 1 aromatic heterocycles. The number of hydrogen-bond donors (Lipinski definition) is 0. The van der Waals surface area contributed by atoms with Crippen LogP contribution >= 0.6 is 11.7 Å². The van der Waals surface area contributed by atoms with Crippen molar-refractivity contribution in [2.24, 2.45) is 5.92 Å². The van der Waals surface area contributed by atoms with E-state index in [-0.39, 0.29) is 23.3 Å². The number of aromatic nitrogens is 2. The molecule has 3 heterocycles. The maximum atomic E-state index is 13.4. The van der Waals surface area contributed by atoms with Crippen LogP contribution in [-0.4, -0.2) is 82.5 Å². The molecule has 0 unspecified atom stereocenters. The zero-order valence-electron chi connectivity index (χ0n) is 17.6. The Labute approximate surface area is 187 Å². The molecule has 3 fully saturated rings. The predicted molar refractivity (Wildman–Crippen MR) is 119 cm³/mol. The minimum atomic E-state index is -3.72. The van der Waals surface area contributed by atoms with Gasteiger partial charge >= 0.3 is 0 Å². The first-order valence-corrected chi connectivity index (χ1v) is 13.5. The van der Waals surface area contributed by atoms with Crippen LogP contribution in [0.2, 0.25) is 0 Å². The molecular weight excluding hydrogens is 434 g/mol. The molecule has 5 rings (SSSR count). The zero-order chi connectivity index (χ0) is 21.4. The highest BCUT2D eigenvalue weighted by atomic mass is 32.2. The molecule has 1 aliphatic carbocycles. The van der Waals surface area contributed by atoms with Crippen molar-refractivity contribution in [3.8, 4) is 0 Å². The number of piperidine rings is 1. The maximum Gasteiger partial charge on any atom is 0.245 e. The molecule has 1 atom stereocenters. The van der Waals surface area contributed by atoms with E-state index in [1.165, 1.54) is 30.0 Å². The van der Waals surface area contributed by atoms with Gasteiger partial charge in [0, 0.05) is 45.3 Å². The zero-order valence-corrected chi connectivity index (χ0v) is 19.3. The fraction of sp³-hybridized carbons (Fsp3) is 0.667. The van der Waals surface area contributed by atoms with E-state index >= 15 is 0 Å². The summed E-state index contributed by atoms with van der Waals surface area (Å²) in [6.07, 6.45) is 6.65. The van der Waals surface area contributed by atoms with Gasteiger partial charge < -0.3 is 4.90 Å². The molecule has 0 N–H and O–H groups in total. The van der Waals surface area contributed by atoms with E-state index in [1.807, 2.05) is 4.90 Å². The number of hydrogen-bond acceptors (Lipinski definition) is 7. The molecule has 2 saturated heterocycles. The Bertz CT molecular complexity index is 1040. The summed E-state index contributed by atoms with van der Waals surface area (Å²) in [5.41, 5.74) is 1.01. The second-order valence-electron chi connectivity index (χ2n) is 8.89. The van der Waals surface area contributed by atoms with Crippen LogP contribution in [0, 0.1) is 5.92 Å².